The van der Waals surface area contributed by atoms with Crippen molar-refractivity contribution in [1.29, 1.82) is 0 Å². The molecule has 27 heavy (non-hydrogen) atoms. The number of hydrogen-bond donors (Lipinski definition) is 1. The molecule has 1 heterocycles. The monoisotopic (exact) mass is 373 g/mol. The largest absolute Gasteiger partial charge is 0.449 e. The first-order chi connectivity index (χ1) is 12.6. The number of esters is 1. The zero-order chi connectivity index (χ0) is 20.3. The fourth-order valence-corrected chi connectivity index (χ4v) is 3.03. The first kappa shape index (κ1) is 20.2. The van der Waals surface area contributed by atoms with Crippen LogP contribution in [0.2, 0.25) is 0 Å². The number of nitro benzene ring substituents is 1. The molecule has 1 aromatic carbocycles. The molecule has 2 aromatic rings. The van der Waals surface area contributed by atoms with Gasteiger partial charge in [0.15, 0.2) is 6.10 Å². The number of ether oxygens (including phenoxy) is 1. The van der Waals surface area contributed by atoms with E-state index in [0.29, 0.717) is 5.56 Å². The molecule has 0 saturated heterocycles. The summed E-state index contributed by atoms with van der Waals surface area (Å²) in [6.07, 6.45) is -1.11. The van der Waals surface area contributed by atoms with Crippen LogP contribution in [0.4, 0.5) is 11.4 Å². The highest BCUT2D eigenvalue weighted by atomic mass is 16.6. The van der Waals surface area contributed by atoms with Crippen LogP contribution in [-0.2, 0) is 9.53 Å². The molecule has 8 nitrogen and oxygen atoms in total. The number of nitrogens with zero attached hydrogens (tertiary/aromatic N) is 2. The molecule has 1 atom stereocenters. The second-order valence-corrected chi connectivity index (χ2v) is 6.56. The van der Waals surface area contributed by atoms with Gasteiger partial charge in [0.05, 0.1) is 10.5 Å². The van der Waals surface area contributed by atoms with Crippen LogP contribution >= 0.6 is 0 Å². The number of nitrogens with one attached hydrogen (secondary N) is 1. The number of nitro groups is 1. The van der Waals surface area contributed by atoms with Crippen molar-refractivity contribution in [2.24, 2.45) is 0 Å². The number of carbonyl (C=O) groups excluding carboxylic acids is 2. The van der Waals surface area contributed by atoms with Crippen LogP contribution in [-0.4, -0.2) is 27.5 Å². The average molecular weight is 373 g/mol. The predicted molar refractivity (Wildman–Crippen MR) is 101 cm³/mol. The first-order valence-corrected chi connectivity index (χ1v) is 8.57. The van der Waals surface area contributed by atoms with Crippen molar-refractivity contribution in [2.75, 3.05) is 5.32 Å². The molecule has 2 rings (SSSR count). The van der Waals surface area contributed by atoms with Crippen LogP contribution in [0.1, 0.15) is 48.6 Å². The average Bonchev–Trinajstić information content (AvgIpc) is 2.89. The third-order valence-corrected chi connectivity index (χ3v) is 4.23. The number of carbonyl (C=O) groups is 2. The topological polar surface area (TPSA) is 103 Å². The maximum Gasteiger partial charge on any atom is 0.340 e. The highest BCUT2D eigenvalue weighted by Gasteiger charge is 2.24. The lowest BCUT2D eigenvalue weighted by molar-refractivity contribution is -0.383. The molecule has 1 amide bonds. The van der Waals surface area contributed by atoms with Crippen LogP contribution in [0.5, 0.6) is 0 Å². The molecule has 8 heteroatoms. The predicted octanol–water partition coefficient (Wildman–Crippen LogP) is 3.78. The molecule has 0 aliphatic rings. The standard InChI is InChI=1S/C19H23N3O5/c1-11(2)21-12(3)10-15(13(21)4)19(24)27-14(5)18(23)20-16-8-6-7-9-17(16)22(25)26/h6-11,14H,1-5H3,(H,20,23)/t14-/m1/s1. The number of aromatic nitrogens is 1. The van der Waals surface area contributed by atoms with E-state index in [2.05, 4.69) is 5.32 Å². The molecule has 144 valence electrons. The Labute approximate surface area is 157 Å². The Balaban J connectivity index is 2.12. The fraction of sp³-hybridized carbons (Fsp3) is 0.368. The van der Waals surface area contributed by atoms with Crippen LogP contribution in [0, 0.1) is 24.0 Å². The third-order valence-electron chi connectivity index (χ3n) is 4.23. The number of aryl methyl sites for hydroxylation is 1. The minimum absolute atomic E-state index is 0.0494. The van der Waals surface area contributed by atoms with Gasteiger partial charge in [-0.25, -0.2) is 4.79 Å². The van der Waals surface area contributed by atoms with Crippen LogP contribution < -0.4 is 5.32 Å². The highest BCUT2D eigenvalue weighted by molar-refractivity contribution is 5.99. The third kappa shape index (κ3) is 4.33. The van der Waals surface area contributed by atoms with Crippen LogP contribution in [0.25, 0.3) is 0 Å². The fourth-order valence-electron chi connectivity index (χ4n) is 3.03. The zero-order valence-electron chi connectivity index (χ0n) is 16.0. The van der Waals surface area contributed by atoms with E-state index in [1.54, 1.807) is 12.1 Å². The van der Waals surface area contributed by atoms with E-state index in [-0.39, 0.29) is 17.4 Å². The van der Waals surface area contributed by atoms with Crippen LogP contribution in [0.15, 0.2) is 30.3 Å². The molecule has 0 aliphatic heterocycles. The zero-order valence-corrected chi connectivity index (χ0v) is 16.0. The Morgan fingerprint density at radius 1 is 1.19 bits per heavy atom. The lowest BCUT2D eigenvalue weighted by Crippen LogP contribution is -2.30. The second-order valence-electron chi connectivity index (χ2n) is 6.56. The van der Waals surface area contributed by atoms with E-state index in [1.807, 2.05) is 32.3 Å². The van der Waals surface area contributed by atoms with Crippen molar-refractivity contribution in [3.05, 3.63) is 57.4 Å². The number of para-hydroxylation sites is 2. The molecule has 0 radical (unpaired) electrons. The van der Waals surface area contributed by atoms with Gasteiger partial charge in [0.25, 0.3) is 11.6 Å². The van der Waals surface area contributed by atoms with Crippen molar-refractivity contribution in [1.82, 2.24) is 4.57 Å². The van der Waals surface area contributed by atoms with Crippen molar-refractivity contribution in [3.8, 4) is 0 Å². The summed E-state index contributed by atoms with van der Waals surface area (Å²) in [5.41, 5.74) is 1.90. The van der Waals surface area contributed by atoms with E-state index in [1.165, 1.54) is 25.1 Å². The molecular weight excluding hydrogens is 350 g/mol. The minimum Gasteiger partial charge on any atom is -0.449 e. The Kier molecular flexibility index (Phi) is 5.99. The van der Waals surface area contributed by atoms with Gasteiger partial charge in [-0.05, 0) is 46.8 Å². The summed E-state index contributed by atoms with van der Waals surface area (Å²) in [6, 6.07) is 7.69. The summed E-state index contributed by atoms with van der Waals surface area (Å²) in [6.45, 7) is 9.16. The molecule has 0 spiro atoms. The molecule has 0 fully saturated rings. The van der Waals surface area contributed by atoms with E-state index < -0.39 is 22.9 Å². The minimum atomic E-state index is -1.11. The Morgan fingerprint density at radius 2 is 1.81 bits per heavy atom. The molecule has 0 aliphatic carbocycles. The first-order valence-electron chi connectivity index (χ1n) is 8.57. The number of rotatable bonds is 6. The van der Waals surface area contributed by atoms with Crippen molar-refractivity contribution >= 4 is 23.3 Å². The van der Waals surface area contributed by atoms with Gasteiger partial charge >= 0.3 is 5.97 Å². The molecular formula is C19H23N3O5. The highest BCUT2D eigenvalue weighted by Crippen LogP contribution is 2.24. The summed E-state index contributed by atoms with van der Waals surface area (Å²) >= 11 is 0. The molecule has 0 saturated carbocycles. The summed E-state index contributed by atoms with van der Waals surface area (Å²) in [7, 11) is 0. The van der Waals surface area contributed by atoms with E-state index in [9.17, 15) is 19.7 Å². The summed E-state index contributed by atoms with van der Waals surface area (Å²) in [5.74, 6) is -1.25. The number of anilines is 1. The normalized spacial score (nSPS) is 11.9. The summed E-state index contributed by atoms with van der Waals surface area (Å²) in [5, 5.41) is 13.5. The SMILES string of the molecule is Cc1cc(C(=O)O[C@H](C)C(=O)Nc2ccccc2[N+](=O)[O-])c(C)n1C(C)C. The lowest BCUT2D eigenvalue weighted by atomic mass is 10.2. The van der Waals surface area contributed by atoms with Gasteiger partial charge in [0.2, 0.25) is 0 Å². The molecule has 0 unspecified atom stereocenters. The number of amides is 1. The van der Waals surface area contributed by atoms with E-state index in [4.69, 9.17) is 4.74 Å². The van der Waals surface area contributed by atoms with Gasteiger partial charge in [0.1, 0.15) is 5.69 Å². The Morgan fingerprint density at radius 3 is 2.37 bits per heavy atom. The summed E-state index contributed by atoms with van der Waals surface area (Å²) in [4.78, 5) is 35.2. The van der Waals surface area contributed by atoms with Gasteiger partial charge < -0.3 is 14.6 Å². The van der Waals surface area contributed by atoms with Crippen molar-refractivity contribution < 1.29 is 19.2 Å². The molecule has 1 N–H and O–H groups in total. The molecule has 1 aromatic heterocycles. The van der Waals surface area contributed by atoms with E-state index in [0.717, 1.165) is 11.4 Å². The lowest BCUT2D eigenvalue weighted by Gasteiger charge is -2.15. The second kappa shape index (κ2) is 8.03. The van der Waals surface area contributed by atoms with E-state index >= 15 is 0 Å². The maximum atomic E-state index is 12.5. The van der Waals surface area contributed by atoms with Gasteiger partial charge in [-0.1, -0.05) is 12.1 Å². The van der Waals surface area contributed by atoms with Gasteiger partial charge in [-0.3, -0.25) is 14.9 Å². The van der Waals surface area contributed by atoms with Gasteiger partial charge in [-0.2, -0.15) is 0 Å². The molecule has 0 bridgehead atoms. The Hall–Kier alpha value is -3.16. The van der Waals surface area contributed by atoms with Crippen molar-refractivity contribution in [3.63, 3.8) is 0 Å². The van der Waals surface area contributed by atoms with Gasteiger partial charge in [-0.15, -0.1) is 0 Å². The number of hydrogen-bond acceptors (Lipinski definition) is 5. The van der Waals surface area contributed by atoms with Gasteiger partial charge in [0, 0.05) is 23.5 Å². The Bertz CT molecular complexity index is 885. The number of benzene rings is 1. The van der Waals surface area contributed by atoms with Crippen LogP contribution in [0.3, 0.4) is 0 Å². The summed E-state index contributed by atoms with van der Waals surface area (Å²) < 4.78 is 7.27. The quantitative estimate of drug-likeness (QED) is 0.471. The van der Waals surface area contributed by atoms with Crippen molar-refractivity contribution in [2.45, 2.75) is 46.8 Å². The smallest absolute Gasteiger partial charge is 0.340 e. The maximum absolute atomic E-state index is 12.5.